The number of hydrogen-bond acceptors (Lipinski definition) is 5. The quantitative estimate of drug-likeness (QED) is 0.136. The first-order valence-corrected chi connectivity index (χ1v) is 11.1. The Morgan fingerprint density at radius 1 is 1.06 bits per heavy atom. The van der Waals surface area contributed by atoms with Crippen LogP contribution in [0.2, 0.25) is 0 Å². The largest absolute Gasteiger partial charge is 0.480 e. The Morgan fingerprint density at radius 2 is 1.74 bits per heavy atom. The summed E-state index contributed by atoms with van der Waals surface area (Å²) in [5.74, 6) is -2.96. The number of carbonyl (C=O) groups excluding carboxylic acids is 2. The number of urea groups is 1. The van der Waals surface area contributed by atoms with Crippen molar-refractivity contribution in [3.63, 3.8) is 0 Å². The maximum atomic E-state index is 13.1. The van der Waals surface area contributed by atoms with E-state index in [0.717, 1.165) is 5.56 Å². The maximum absolute atomic E-state index is 13.1. The molecule has 8 N–H and O–H groups in total. The first-order chi connectivity index (χ1) is 16.2. The minimum atomic E-state index is -1.20. The number of carboxylic acids is 2. The molecule has 34 heavy (non-hydrogen) atoms. The Labute approximate surface area is 197 Å². The Hall–Kier alpha value is -3.83. The summed E-state index contributed by atoms with van der Waals surface area (Å²) in [5.41, 5.74) is 11.5. The number of carbonyl (C=O) groups is 4. The number of benzene rings is 1. The number of aryl methyl sites for hydroxylation is 1. The van der Waals surface area contributed by atoms with Crippen molar-refractivity contribution in [2.45, 2.75) is 56.7 Å². The van der Waals surface area contributed by atoms with Crippen LogP contribution in [-0.2, 0) is 20.8 Å². The average Bonchev–Trinajstić information content (AvgIpc) is 3.29. The van der Waals surface area contributed by atoms with Gasteiger partial charge in [0.05, 0.1) is 0 Å². The number of aliphatic imine (C=N–C) groups is 1. The highest BCUT2D eigenvalue weighted by Crippen LogP contribution is 2.19. The summed E-state index contributed by atoms with van der Waals surface area (Å²) in [5, 5.41) is 23.8. The van der Waals surface area contributed by atoms with Crippen LogP contribution >= 0.6 is 0 Å². The van der Waals surface area contributed by atoms with Crippen molar-refractivity contribution in [3.05, 3.63) is 35.9 Å². The normalized spacial score (nSPS) is 16.8. The topological polar surface area (TPSA) is 200 Å². The zero-order valence-electron chi connectivity index (χ0n) is 18.9. The van der Waals surface area contributed by atoms with Gasteiger partial charge in [-0.2, -0.15) is 0 Å². The summed E-state index contributed by atoms with van der Waals surface area (Å²) in [7, 11) is 0. The molecular weight excluding hydrogens is 444 g/mol. The molecule has 0 radical (unpaired) electrons. The van der Waals surface area contributed by atoms with Crippen LogP contribution < -0.4 is 22.1 Å². The molecule has 2 rings (SSSR count). The van der Waals surface area contributed by atoms with Gasteiger partial charge in [-0.25, -0.2) is 14.4 Å². The number of aliphatic carboxylic acids is 2. The average molecular weight is 477 g/mol. The van der Waals surface area contributed by atoms with Crippen molar-refractivity contribution in [1.82, 2.24) is 15.5 Å². The Morgan fingerprint density at radius 3 is 2.35 bits per heavy atom. The van der Waals surface area contributed by atoms with Crippen LogP contribution in [0.3, 0.4) is 0 Å². The minimum Gasteiger partial charge on any atom is -0.480 e. The smallest absolute Gasteiger partial charge is 0.326 e. The van der Waals surface area contributed by atoms with E-state index >= 15 is 0 Å². The summed E-state index contributed by atoms with van der Waals surface area (Å²) >= 11 is 0. The second-order valence-electron chi connectivity index (χ2n) is 8.06. The number of nitrogens with one attached hydrogen (secondary N) is 2. The number of rotatable bonds is 12. The van der Waals surface area contributed by atoms with Gasteiger partial charge in [0.15, 0.2) is 5.96 Å². The second kappa shape index (κ2) is 13.0. The summed E-state index contributed by atoms with van der Waals surface area (Å²) in [6.07, 6.45) is 1.95. The van der Waals surface area contributed by atoms with Gasteiger partial charge in [-0.15, -0.1) is 0 Å². The monoisotopic (exact) mass is 476 g/mol. The Bertz CT molecular complexity index is 889. The van der Waals surface area contributed by atoms with Crippen LogP contribution in [0.25, 0.3) is 0 Å². The van der Waals surface area contributed by atoms with Gasteiger partial charge in [-0.1, -0.05) is 30.3 Å². The summed E-state index contributed by atoms with van der Waals surface area (Å²) in [6, 6.07) is 5.23. The van der Waals surface area contributed by atoms with Crippen molar-refractivity contribution in [2.75, 3.05) is 13.1 Å². The molecule has 1 aromatic rings. The predicted molar refractivity (Wildman–Crippen MR) is 124 cm³/mol. The molecule has 1 aliphatic rings. The zero-order chi connectivity index (χ0) is 25.1. The first-order valence-electron chi connectivity index (χ1n) is 11.1. The number of carboxylic acid groups (broad SMARTS) is 2. The fourth-order valence-electron chi connectivity index (χ4n) is 3.82. The van der Waals surface area contributed by atoms with E-state index in [4.69, 9.17) is 11.5 Å². The highest BCUT2D eigenvalue weighted by molar-refractivity contribution is 5.91. The van der Waals surface area contributed by atoms with Gasteiger partial charge in [0.1, 0.15) is 18.1 Å². The second-order valence-corrected chi connectivity index (χ2v) is 8.06. The molecule has 186 valence electrons. The molecule has 1 heterocycles. The summed E-state index contributed by atoms with van der Waals surface area (Å²) in [4.78, 5) is 53.9. The molecule has 0 spiro atoms. The first kappa shape index (κ1) is 26.4. The van der Waals surface area contributed by atoms with Crippen molar-refractivity contribution >= 4 is 29.8 Å². The van der Waals surface area contributed by atoms with E-state index in [1.807, 2.05) is 30.3 Å². The lowest BCUT2D eigenvalue weighted by molar-refractivity contribution is -0.149. The third kappa shape index (κ3) is 8.26. The van der Waals surface area contributed by atoms with Crippen molar-refractivity contribution in [3.8, 4) is 0 Å². The molecule has 1 aliphatic heterocycles. The highest BCUT2D eigenvalue weighted by Gasteiger charge is 2.37. The zero-order valence-corrected chi connectivity index (χ0v) is 18.9. The Kier molecular flexibility index (Phi) is 10.1. The number of likely N-dealkylation sites (tertiary alicyclic amines) is 1. The Balaban J connectivity index is 2.04. The number of guanidine groups is 1. The van der Waals surface area contributed by atoms with Crippen molar-refractivity contribution in [2.24, 2.45) is 16.5 Å². The van der Waals surface area contributed by atoms with Gasteiger partial charge in [0.25, 0.3) is 0 Å². The molecule has 1 saturated heterocycles. The van der Waals surface area contributed by atoms with Crippen LogP contribution in [0, 0.1) is 0 Å². The van der Waals surface area contributed by atoms with E-state index in [2.05, 4.69) is 15.6 Å². The van der Waals surface area contributed by atoms with Gasteiger partial charge in [-0.3, -0.25) is 9.79 Å². The standard InChI is InChI=1S/C22H32N6O6/c23-21(24)25-12-4-8-15(18(29)28-13-5-9-17(28)20(32)33)26-22(34)27-16(19(30)31)11-10-14-6-2-1-3-7-14/h1-3,6-7,15-17H,4-5,8-13H2,(H,30,31)(H,32,33)(H4,23,24,25)(H2,26,27,34)/t15-,16-,17-/m0/s1. The van der Waals surface area contributed by atoms with E-state index in [0.29, 0.717) is 25.7 Å². The maximum Gasteiger partial charge on any atom is 0.326 e. The molecular formula is C22H32N6O6. The predicted octanol–water partition coefficient (Wildman–Crippen LogP) is -0.131. The number of nitrogens with two attached hydrogens (primary N) is 2. The number of amides is 3. The summed E-state index contributed by atoms with van der Waals surface area (Å²) in [6.45, 7) is 0.477. The van der Waals surface area contributed by atoms with Gasteiger partial charge in [-0.05, 0) is 44.1 Å². The van der Waals surface area contributed by atoms with Gasteiger partial charge in [0.2, 0.25) is 5.91 Å². The van der Waals surface area contributed by atoms with Crippen LogP contribution in [0.1, 0.15) is 37.7 Å². The number of hydrogen-bond donors (Lipinski definition) is 6. The van der Waals surface area contributed by atoms with E-state index in [9.17, 15) is 29.4 Å². The van der Waals surface area contributed by atoms with Crippen LogP contribution in [0.5, 0.6) is 0 Å². The summed E-state index contributed by atoms with van der Waals surface area (Å²) < 4.78 is 0. The van der Waals surface area contributed by atoms with Crippen molar-refractivity contribution in [1.29, 1.82) is 0 Å². The molecule has 0 bridgehead atoms. The molecule has 3 amide bonds. The molecule has 12 nitrogen and oxygen atoms in total. The van der Waals surface area contributed by atoms with Crippen molar-refractivity contribution < 1.29 is 29.4 Å². The lowest BCUT2D eigenvalue weighted by Crippen LogP contribution is -2.55. The molecule has 3 atom stereocenters. The van der Waals surface area contributed by atoms with E-state index in [-0.39, 0.29) is 31.9 Å². The van der Waals surface area contributed by atoms with Gasteiger partial charge < -0.3 is 37.2 Å². The molecule has 0 aliphatic carbocycles. The highest BCUT2D eigenvalue weighted by atomic mass is 16.4. The van der Waals surface area contributed by atoms with E-state index in [1.165, 1.54) is 4.90 Å². The lowest BCUT2D eigenvalue weighted by Gasteiger charge is -2.27. The fourth-order valence-corrected chi connectivity index (χ4v) is 3.82. The van der Waals surface area contributed by atoms with E-state index in [1.54, 1.807) is 0 Å². The molecule has 12 heteroatoms. The minimum absolute atomic E-state index is 0.109. The van der Waals surface area contributed by atoms with Crippen LogP contribution in [-0.4, -0.2) is 76.2 Å². The fraction of sp³-hybridized carbons (Fsp3) is 0.500. The molecule has 0 aromatic heterocycles. The van der Waals surface area contributed by atoms with Crippen LogP contribution in [0.15, 0.2) is 35.3 Å². The SMILES string of the molecule is NC(N)=NCCC[C@H](NC(=O)N[C@@H](CCc1ccccc1)C(=O)O)C(=O)N1CCC[C@H]1C(=O)O. The molecule has 0 saturated carbocycles. The van der Waals surface area contributed by atoms with Crippen LogP contribution in [0.4, 0.5) is 4.79 Å². The lowest BCUT2D eigenvalue weighted by atomic mass is 10.1. The molecule has 0 unspecified atom stereocenters. The van der Waals surface area contributed by atoms with E-state index < -0.39 is 42.0 Å². The van der Waals surface area contributed by atoms with Gasteiger partial charge >= 0.3 is 18.0 Å². The third-order valence-corrected chi connectivity index (χ3v) is 5.54. The molecule has 1 fully saturated rings. The number of nitrogens with zero attached hydrogens (tertiary/aromatic N) is 2. The third-order valence-electron chi connectivity index (χ3n) is 5.54. The molecule has 1 aromatic carbocycles. The van der Waals surface area contributed by atoms with Gasteiger partial charge in [0, 0.05) is 13.1 Å².